The van der Waals surface area contributed by atoms with Crippen LogP contribution in [0.3, 0.4) is 0 Å². The zero-order valence-electron chi connectivity index (χ0n) is 13.6. The summed E-state index contributed by atoms with van der Waals surface area (Å²) in [5, 5.41) is 0. The molecule has 0 bridgehead atoms. The van der Waals surface area contributed by atoms with Crippen molar-refractivity contribution in [1.29, 1.82) is 0 Å². The number of rotatable bonds is 3. The van der Waals surface area contributed by atoms with Gasteiger partial charge in [0.1, 0.15) is 5.82 Å². The Morgan fingerprint density at radius 2 is 1.62 bits per heavy atom. The average Bonchev–Trinajstić information content (AvgIpc) is 2.44. The monoisotopic (exact) mass is 312 g/mol. The fourth-order valence-electron chi connectivity index (χ4n) is 2.32. The van der Waals surface area contributed by atoms with E-state index in [-0.39, 0.29) is 5.82 Å². The second-order valence-corrected chi connectivity index (χ2v) is 10.7. The standard InChI is InChI=1S/C15H23BFO3P/c1-14(2)15(3,4)20-16(19-14)12-7-11(8-13(17)9-12)10-21(5,6)18/h7-9H,10H2,1-6H3. The number of hydrogen-bond donors (Lipinski definition) is 0. The van der Waals surface area contributed by atoms with Crippen LogP contribution in [0.2, 0.25) is 0 Å². The lowest BCUT2D eigenvalue weighted by Crippen LogP contribution is -2.41. The van der Waals surface area contributed by atoms with Crippen LogP contribution in [0.5, 0.6) is 0 Å². The van der Waals surface area contributed by atoms with Crippen LogP contribution in [0.4, 0.5) is 4.39 Å². The zero-order chi connectivity index (χ0) is 16.1. The van der Waals surface area contributed by atoms with Crippen LogP contribution in [0.25, 0.3) is 0 Å². The summed E-state index contributed by atoms with van der Waals surface area (Å²) in [7, 11) is -2.86. The van der Waals surface area contributed by atoms with Crippen LogP contribution in [0, 0.1) is 5.82 Å². The van der Waals surface area contributed by atoms with Gasteiger partial charge in [0.05, 0.1) is 18.3 Å². The topological polar surface area (TPSA) is 35.5 Å². The van der Waals surface area contributed by atoms with Gasteiger partial charge in [0, 0.05) is 6.16 Å². The van der Waals surface area contributed by atoms with E-state index in [1.54, 1.807) is 13.3 Å². The van der Waals surface area contributed by atoms with Crippen LogP contribution >= 0.6 is 7.14 Å². The molecule has 1 aliphatic heterocycles. The Hall–Kier alpha value is -0.635. The molecule has 2 rings (SSSR count). The molecule has 21 heavy (non-hydrogen) atoms. The Bertz CT molecular complexity index is 579. The molecule has 6 heteroatoms. The smallest absolute Gasteiger partial charge is 0.399 e. The van der Waals surface area contributed by atoms with Crippen molar-refractivity contribution in [1.82, 2.24) is 0 Å². The Balaban J connectivity index is 2.32. The molecule has 0 aliphatic carbocycles. The fourth-order valence-corrected chi connectivity index (χ4v) is 3.38. The molecule has 1 aliphatic rings. The third-order valence-electron chi connectivity index (χ3n) is 4.07. The van der Waals surface area contributed by atoms with E-state index in [1.165, 1.54) is 12.1 Å². The van der Waals surface area contributed by atoms with Crippen LogP contribution in [-0.4, -0.2) is 31.7 Å². The van der Waals surface area contributed by atoms with Gasteiger partial charge < -0.3 is 13.9 Å². The zero-order valence-corrected chi connectivity index (χ0v) is 14.5. The molecule has 1 aromatic carbocycles. The van der Waals surface area contributed by atoms with Gasteiger partial charge in [0.15, 0.2) is 0 Å². The minimum atomic E-state index is -2.26. The molecule has 0 spiro atoms. The lowest BCUT2D eigenvalue weighted by atomic mass is 9.78. The Morgan fingerprint density at radius 3 is 2.10 bits per heavy atom. The van der Waals surface area contributed by atoms with E-state index in [0.29, 0.717) is 17.2 Å². The molecule has 0 N–H and O–H groups in total. The maximum Gasteiger partial charge on any atom is 0.494 e. The van der Waals surface area contributed by atoms with Crippen molar-refractivity contribution in [2.24, 2.45) is 0 Å². The fraction of sp³-hybridized carbons (Fsp3) is 0.600. The summed E-state index contributed by atoms with van der Waals surface area (Å²) in [4.78, 5) is 0. The predicted molar refractivity (Wildman–Crippen MR) is 85.3 cm³/mol. The van der Waals surface area contributed by atoms with Crippen molar-refractivity contribution < 1.29 is 18.3 Å². The van der Waals surface area contributed by atoms with Crippen molar-refractivity contribution >= 4 is 19.7 Å². The molecule has 0 saturated carbocycles. The first-order valence-corrected chi connectivity index (χ1v) is 9.87. The second-order valence-electron chi connectivity index (χ2n) is 7.21. The van der Waals surface area contributed by atoms with E-state index in [1.807, 2.05) is 33.8 Å². The largest absolute Gasteiger partial charge is 0.494 e. The quantitative estimate of drug-likeness (QED) is 0.635. The van der Waals surface area contributed by atoms with Crippen LogP contribution in [0.15, 0.2) is 18.2 Å². The second kappa shape index (κ2) is 5.22. The summed E-state index contributed by atoms with van der Waals surface area (Å²) in [5.74, 6) is -0.356. The highest BCUT2D eigenvalue weighted by molar-refractivity contribution is 7.61. The van der Waals surface area contributed by atoms with Gasteiger partial charge in [-0.05, 0) is 64.2 Å². The van der Waals surface area contributed by atoms with Crippen LogP contribution in [0.1, 0.15) is 33.3 Å². The third kappa shape index (κ3) is 3.77. The van der Waals surface area contributed by atoms with Gasteiger partial charge in [0.25, 0.3) is 0 Å². The molecule has 0 radical (unpaired) electrons. The van der Waals surface area contributed by atoms with E-state index in [9.17, 15) is 8.96 Å². The number of halogens is 1. The van der Waals surface area contributed by atoms with E-state index in [2.05, 4.69) is 0 Å². The number of benzene rings is 1. The lowest BCUT2D eigenvalue weighted by Gasteiger charge is -2.32. The van der Waals surface area contributed by atoms with Crippen LogP contribution in [-0.2, 0) is 20.0 Å². The number of hydrogen-bond acceptors (Lipinski definition) is 3. The first kappa shape index (κ1) is 16.7. The molecule has 1 heterocycles. The average molecular weight is 312 g/mol. The van der Waals surface area contributed by atoms with Crippen molar-refractivity contribution in [3.05, 3.63) is 29.6 Å². The van der Waals surface area contributed by atoms with Gasteiger partial charge in [0.2, 0.25) is 0 Å². The highest BCUT2D eigenvalue weighted by atomic mass is 31.2. The van der Waals surface area contributed by atoms with Gasteiger partial charge >= 0.3 is 7.12 Å². The first-order chi connectivity index (χ1) is 9.40. The van der Waals surface area contributed by atoms with E-state index in [4.69, 9.17) is 9.31 Å². The predicted octanol–water partition coefficient (Wildman–Crippen LogP) is 3.25. The third-order valence-corrected chi connectivity index (χ3v) is 5.20. The summed E-state index contributed by atoms with van der Waals surface area (Å²) in [5.41, 5.74) is 0.425. The highest BCUT2D eigenvalue weighted by Gasteiger charge is 2.51. The maximum atomic E-state index is 13.8. The molecule has 0 amide bonds. The SMILES string of the molecule is CC1(C)OB(c2cc(F)cc(CP(C)(C)=O)c2)OC1(C)C. The summed E-state index contributed by atoms with van der Waals surface area (Å²) in [6, 6.07) is 4.67. The van der Waals surface area contributed by atoms with E-state index in [0.717, 1.165) is 0 Å². The molecule has 0 unspecified atom stereocenters. The summed E-state index contributed by atoms with van der Waals surface area (Å²) >= 11 is 0. The van der Waals surface area contributed by atoms with E-state index >= 15 is 0 Å². The van der Waals surface area contributed by atoms with Crippen molar-refractivity contribution in [2.75, 3.05) is 13.3 Å². The van der Waals surface area contributed by atoms with Crippen molar-refractivity contribution in [3.8, 4) is 0 Å². The Kier molecular flexibility index (Phi) is 4.16. The Labute approximate surface area is 126 Å². The molecule has 1 aromatic rings. The summed E-state index contributed by atoms with van der Waals surface area (Å²) < 4.78 is 37.7. The Morgan fingerprint density at radius 1 is 1.10 bits per heavy atom. The van der Waals surface area contributed by atoms with Gasteiger partial charge in [-0.15, -0.1) is 0 Å². The maximum absolute atomic E-state index is 13.8. The first-order valence-electron chi connectivity index (χ1n) is 7.09. The summed E-state index contributed by atoms with van der Waals surface area (Å²) in [6.07, 6.45) is 0.372. The molecular weight excluding hydrogens is 289 g/mol. The molecule has 0 aromatic heterocycles. The van der Waals surface area contributed by atoms with Crippen molar-refractivity contribution in [2.45, 2.75) is 45.1 Å². The highest BCUT2D eigenvalue weighted by Crippen LogP contribution is 2.40. The molecular formula is C15H23BFO3P. The molecule has 1 saturated heterocycles. The molecule has 3 nitrogen and oxygen atoms in total. The minimum Gasteiger partial charge on any atom is -0.399 e. The van der Waals surface area contributed by atoms with Crippen LogP contribution < -0.4 is 5.46 Å². The van der Waals surface area contributed by atoms with Gasteiger partial charge in [-0.25, -0.2) is 4.39 Å². The summed E-state index contributed by atoms with van der Waals surface area (Å²) in [6.45, 7) is 11.2. The molecule has 1 fully saturated rings. The normalized spacial score (nSPS) is 20.8. The van der Waals surface area contributed by atoms with Gasteiger partial charge in [-0.3, -0.25) is 0 Å². The van der Waals surface area contributed by atoms with Gasteiger partial charge in [-0.1, -0.05) is 6.07 Å². The minimum absolute atomic E-state index is 0.356. The van der Waals surface area contributed by atoms with E-state index < -0.39 is 25.5 Å². The lowest BCUT2D eigenvalue weighted by molar-refractivity contribution is 0.00578. The van der Waals surface area contributed by atoms with Crippen molar-refractivity contribution in [3.63, 3.8) is 0 Å². The van der Waals surface area contributed by atoms with Gasteiger partial charge in [-0.2, -0.15) is 0 Å². The molecule has 116 valence electrons. The molecule has 0 atom stereocenters.